The molecule has 0 saturated carbocycles. The van der Waals surface area contributed by atoms with Gasteiger partial charge in [0.2, 0.25) is 0 Å². The highest BCUT2D eigenvalue weighted by molar-refractivity contribution is 7.10. The second kappa shape index (κ2) is 9.87. The Kier molecular flexibility index (Phi) is 6.61. The van der Waals surface area contributed by atoms with Crippen molar-refractivity contribution in [1.82, 2.24) is 14.3 Å². The van der Waals surface area contributed by atoms with Crippen molar-refractivity contribution in [1.29, 1.82) is 0 Å². The summed E-state index contributed by atoms with van der Waals surface area (Å²) in [6.45, 7) is -0.00688. The summed E-state index contributed by atoms with van der Waals surface area (Å²) >= 11 is 1.33. The van der Waals surface area contributed by atoms with Gasteiger partial charge in [0.25, 0.3) is 11.8 Å². The van der Waals surface area contributed by atoms with Gasteiger partial charge in [0.05, 0.1) is 30.5 Å². The number of benzene rings is 1. The van der Waals surface area contributed by atoms with Crippen LogP contribution < -0.4 is 10.1 Å². The van der Waals surface area contributed by atoms with Crippen LogP contribution in [0.25, 0.3) is 5.65 Å². The van der Waals surface area contributed by atoms with E-state index in [0.29, 0.717) is 36.4 Å². The van der Waals surface area contributed by atoms with E-state index in [1.165, 1.54) is 23.6 Å². The van der Waals surface area contributed by atoms with E-state index in [0.717, 1.165) is 22.6 Å². The molecule has 4 aromatic rings. The van der Waals surface area contributed by atoms with Crippen LogP contribution >= 0.6 is 11.3 Å². The van der Waals surface area contributed by atoms with Crippen molar-refractivity contribution in [2.75, 3.05) is 25.1 Å². The maximum absolute atomic E-state index is 13.5. The third-order valence-electron chi connectivity index (χ3n) is 6.01. The van der Waals surface area contributed by atoms with Crippen LogP contribution in [-0.4, -0.2) is 51.0 Å². The molecule has 37 heavy (non-hydrogen) atoms. The first-order valence-corrected chi connectivity index (χ1v) is 12.2. The first-order valence-electron chi connectivity index (χ1n) is 11.3. The van der Waals surface area contributed by atoms with Gasteiger partial charge in [0, 0.05) is 28.7 Å². The minimum Gasteiger partial charge on any atom is -0.491 e. The molecule has 2 amide bonds. The topological polar surface area (TPSA) is 96.2 Å². The number of thiophene rings is 1. The van der Waals surface area contributed by atoms with Gasteiger partial charge in [-0.3, -0.25) is 14.0 Å². The highest BCUT2D eigenvalue weighted by Gasteiger charge is 2.35. The molecule has 0 bridgehead atoms. The molecule has 2 N–H and O–H groups in total. The fraction of sp³-hybridized carbons (Fsp3) is 0.240. The van der Waals surface area contributed by atoms with E-state index in [4.69, 9.17) is 9.84 Å². The van der Waals surface area contributed by atoms with Crippen molar-refractivity contribution < 1.29 is 32.6 Å². The van der Waals surface area contributed by atoms with E-state index < -0.39 is 30.0 Å². The Labute approximate surface area is 212 Å². The Hall–Kier alpha value is -3.90. The molecule has 1 aliphatic heterocycles. The number of imidazole rings is 1. The number of aliphatic hydroxyl groups excluding tert-OH is 1. The fourth-order valence-electron chi connectivity index (χ4n) is 4.25. The smallest absolute Gasteiger partial charge is 0.420 e. The summed E-state index contributed by atoms with van der Waals surface area (Å²) in [5.74, 6) is -1.13. The number of hydrogen-bond acceptors (Lipinski definition) is 6. The van der Waals surface area contributed by atoms with Crippen molar-refractivity contribution in [3.8, 4) is 5.75 Å². The monoisotopic (exact) mass is 530 g/mol. The first kappa shape index (κ1) is 24.8. The second-order valence-electron chi connectivity index (χ2n) is 8.33. The summed E-state index contributed by atoms with van der Waals surface area (Å²) in [5.41, 5.74) is 1.18. The number of aliphatic hydroxyl groups is 1. The van der Waals surface area contributed by atoms with Gasteiger partial charge in [-0.2, -0.15) is 13.2 Å². The van der Waals surface area contributed by atoms with Crippen molar-refractivity contribution in [2.24, 2.45) is 0 Å². The summed E-state index contributed by atoms with van der Waals surface area (Å²) in [5, 5.41) is 13.0. The van der Waals surface area contributed by atoms with Gasteiger partial charge in [-0.1, -0.05) is 6.07 Å². The van der Waals surface area contributed by atoms with Crippen LogP contribution in [0.1, 0.15) is 36.9 Å². The molecule has 0 unspecified atom stereocenters. The van der Waals surface area contributed by atoms with Gasteiger partial charge in [-0.15, -0.1) is 11.3 Å². The summed E-state index contributed by atoms with van der Waals surface area (Å²) in [7, 11) is 0. The molecule has 1 aromatic carbocycles. The molecular weight excluding hydrogens is 509 g/mol. The standard InChI is InChI=1S/C25H21F3N4O4S/c26-25(27,28)18-11-15(4-5-20(18)36-10-9-33)30-23(34)17-14-37-21-13-31(8-6-16(17)21)24(35)19-12-29-22-3-1-2-7-32(19)22/h1-5,7,11-12,14,33H,6,8-10,13H2,(H,30,34). The van der Waals surface area contributed by atoms with E-state index in [-0.39, 0.29) is 18.2 Å². The molecule has 1 aliphatic rings. The Bertz CT molecular complexity index is 1480. The number of amides is 2. The number of alkyl halides is 3. The Morgan fingerprint density at radius 2 is 2.05 bits per heavy atom. The van der Waals surface area contributed by atoms with Crippen LogP contribution in [0.2, 0.25) is 0 Å². The normalized spacial score (nSPS) is 13.5. The van der Waals surface area contributed by atoms with Crippen LogP contribution in [0, 0.1) is 0 Å². The Morgan fingerprint density at radius 3 is 2.84 bits per heavy atom. The molecule has 0 aliphatic carbocycles. The van der Waals surface area contributed by atoms with Gasteiger partial charge < -0.3 is 20.1 Å². The minimum atomic E-state index is -4.70. The molecule has 0 saturated heterocycles. The average molecular weight is 531 g/mol. The van der Waals surface area contributed by atoms with Crippen molar-refractivity contribution in [2.45, 2.75) is 19.1 Å². The lowest BCUT2D eigenvalue weighted by Crippen LogP contribution is -2.36. The number of ether oxygens (including phenoxy) is 1. The average Bonchev–Trinajstić information content (AvgIpc) is 3.51. The van der Waals surface area contributed by atoms with E-state index in [1.54, 1.807) is 20.9 Å². The molecule has 5 rings (SSSR count). The molecule has 0 spiro atoms. The van der Waals surface area contributed by atoms with E-state index in [2.05, 4.69) is 10.3 Å². The lowest BCUT2D eigenvalue weighted by molar-refractivity contribution is -0.139. The van der Waals surface area contributed by atoms with Crippen LogP contribution in [-0.2, 0) is 19.1 Å². The quantitative estimate of drug-likeness (QED) is 0.389. The minimum absolute atomic E-state index is 0.0335. The van der Waals surface area contributed by atoms with E-state index in [1.807, 2.05) is 18.2 Å². The Morgan fingerprint density at radius 1 is 1.22 bits per heavy atom. The highest BCUT2D eigenvalue weighted by atomic mass is 32.1. The molecule has 8 nitrogen and oxygen atoms in total. The lowest BCUT2D eigenvalue weighted by Gasteiger charge is -2.27. The molecule has 12 heteroatoms. The molecule has 0 radical (unpaired) electrons. The van der Waals surface area contributed by atoms with E-state index in [9.17, 15) is 22.8 Å². The fourth-order valence-corrected chi connectivity index (χ4v) is 5.35. The molecule has 0 fully saturated rings. The number of anilines is 1. The third-order valence-corrected chi connectivity index (χ3v) is 7.02. The van der Waals surface area contributed by atoms with Crippen molar-refractivity contribution in [3.05, 3.63) is 81.4 Å². The second-order valence-corrected chi connectivity index (χ2v) is 9.30. The summed E-state index contributed by atoms with van der Waals surface area (Å²) in [6.07, 6.45) is -0.959. The summed E-state index contributed by atoms with van der Waals surface area (Å²) in [4.78, 5) is 32.9. The number of aromatic nitrogens is 2. The number of pyridine rings is 1. The van der Waals surface area contributed by atoms with Crippen molar-refractivity contribution in [3.63, 3.8) is 0 Å². The zero-order valence-corrected chi connectivity index (χ0v) is 20.1. The third kappa shape index (κ3) is 4.89. The largest absolute Gasteiger partial charge is 0.491 e. The van der Waals surface area contributed by atoms with Crippen LogP contribution in [0.15, 0.2) is 54.2 Å². The number of hydrogen-bond donors (Lipinski definition) is 2. The van der Waals surface area contributed by atoms with Gasteiger partial charge in [-0.25, -0.2) is 4.98 Å². The number of fused-ring (bicyclic) bond motifs is 2. The Balaban J connectivity index is 1.32. The molecule has 4 heterocycles. The van der Waals surface area contributed by atoms with Crippen LogP contribution in [0.3, 0.4) is 0 Å². The maximum atomic E-state index is 13.5. The number of carbonyl (C=O) groups excluding carboxylic acids is 2. The predicted octanol–water partition coefficient (Wildman–Crippen LogP) is 4.24. The lowest BCUT2D eigenvalue weighted by atomic mass is 10.0. The van der Waals surface area contributed by atoms with Gasteiger partial charge in [0.1, 0.15) is 23.7 Å². The molecule has 0 atom stereocenters. The zero-order valence-electron chi connectivity index (χ0n) is 19.3. The number of nitrogens with one attached hydrogen (secondary N) is 1. The van der Waals surface area contributed by atoms with E-state index >= 15 is 0 Å². The number of nitrogens with zero attached hydrogens (tertiary/aromatic N) is 3. The predicted molar refractivity (Wildman–Crippen MR) is 130 cm³/mol. The van der Waals surface area contributed by atoms with Crippen LogP contribution in [0.4, 0.5) is 18.9 Å². The number of rotatable bonds is 6. The zero-order chi connectivity index (χ0) is 26.2. The SMILES string of the molecule is O=C(Nc1ccc(OCCO)c(C(F)(F)F)c1)c1csc2c1CCN(C(=O)c1cnc3ccccn13)C2. The number of carbonyl (C=O) groups is 2. The van der Waals surface area contributed by atoms with Gasteiger partial charge >= 0.3 is 6.18 Å². The molecule has 3 aromatic heterocycles. The molecular formula is C25H21F3N4O4S. The molecule has 192 valence electrons. The van der Waals surface area contributed by atoms with Crippen LogP contribution in [0.5, 0.6) is 5.75 Å². The summed E-state index contributed by atoms with van der Waals surface area (Å²) < 4.78 is 47.2. The van der Waals surface area contributed by atoms with Gasteiger partial charge in [-0.05, 0) is 42.3 Å². The highest BCUT2D eigenvalue weighted by Crippen LogP contribution is 2.38. The first-order chi connectivity index (χ1) is 17.8. The van der Waals surface area contributed by atoms with Crippen molar-refractivity contribution >= 4 is 34.5 Å². The summed E-state index contributed by atoms with van der Waals surface area (Å²) in [6, 6.07) is 8.70. The maximum Gasteiger partial charge on any atom is 0.420 e. The van der Waals surface area contributed by atoms with Gasteiger partial charge in [0.15, 0.2) is 0 Å². The number of halogens is 3.